The summed E-state index contributed by atoms with van der Waals surface area (Å²) in [5.41, 5.74) is 2.47. The molecule has 1 heterocycles. The van der Waals surface area contributed by atoms with Gasteiger partial charge in [0.15, 0.2) is 0 Å². The van der Waals surface area contributed by atoms with E-state index < -0.39 is 27.6 Å². The molecule has 2 bridgehead atoms. The number of nitrogens with zero attached hydrogens (tertiary/aromatic N) is 2. The number of amides is 2. The number of benzene rings is 3. The van der Waals surface area contributed by atoms with Gasteiger partial charge in [-0.2, -0.15) is 0 Å². The van der Waals surface area contributed by atoms with Crippen LogP contribution in [0.25, 0.3) is 0 Å². The third-order valence-electron chi connectivity index (χ3n) is 8.02. The molecule has 7 rings (SSSR count). The molecule has 0 saturated carbocycles. The summed E-state index contributed by atoms with van der Waals surface area (Å²) in [6, 6.07) is 20.5. The molecule has 2 amide bonds. The van der Waals surface area contributed by atoms with Gasteiger partial charge >= 0.3 is 0 Å². The number of imide groups is 1. The number of halogens is 1. The third-order valence-corrected chi connectivity index (χ3v) is 8.51. The lowest BCUT2D eigenvalue weighted by Gasteiger charge is -2.57. The van der Waals surface area contributed by atoms with E-state index >= 15 is 0 Å². The molecule has 1 fully saturated rings. The Hall–Kier alpha value is -3.32. The van der Waals surface area contributed by atoms with Crippen molar-refractivity contribution in [2.24, 2.45) is 11.8 Å². The van der Waals surface area contributed by atoms with Gasteiger partial charge in [-0.25, -0.2) is 4.90 Å². The quantitative estimate of drug-likeness (QED) is 0.277. The number of nitro groups is 1. The zero-order valence-electron chi connectivity index (χ0n) is 17.9. The van der Waals surface area contributed by atoms with Crippen LogP contribution in [-0.4, -0.2) is 16.7 Å². The summed E-state index contributed by atoms with van der Waals surface area (Å²) >= 11 is 3.26. The Morgan fingerprint density at radius 1 is 0.818 bits per heavy atom. The highest BCUT2D eigenvalue weighted by molar-refractivity contribution is 9.10. The van der Waals surface area contributed by atoms with Gasteiger partial charge in [0, 0.05) is 21.4 Å². The standard InChI is InChI=1S/C26H19BrN2O4/c1-25-15-7-3-5-9-17(15)26(2,18-10-6-4-8-16(18)25)22-21(25)23(30)28(24(22)31)19-12-11-14(27)13-20(19)29(32)33/h3-13,21-22H,1-2H3/t21-,22-,25?,26?/m1/s1. The fourth-order valence-corrected chi connectivity index (χ4v) is 6.99. The minimum absolute atomic E-state index is 0.0207. The fraction of sp³-hybridized carbons (Fsp3) is 0.231. The van der Waals surface area contributed by atoms with Gasteiger partial charge in [0.05, 0.1) is 16.8 Å². The van der Waals surface area contributed by atoms with Gasteiger partial charge in [-0.15, -0.1) is 0 Å². The number of carbonyl (C=O) groups excluding carboxylic acids is 2. The van der Waals surface area contributed by atoms with E-state index in [1.807, 2.05) is 62.4 Å². The van der Waals surface area contributed by atoms with Gasteiger partial charge in [0.25, 0.3) is 5.69 Å². The van der Waals surface area contributed by atoms with Crippen molar-refractivity contribution in [1.29, 1.82) is 0 Å². The first-order chi connectivity index (χ1) is 15.7. The third kappa shape index (κ3) is 2.23. The zero-order chi connectivity index (χ0) is 23.3. The number of hydrogen-bond donors (Lipinski definition) is 0. The molecular weight excluding hydrogens is 484 g/mol. The molecule has 4 aliphatic rings. The first-order valence-corrected chi connectivity index (χ1v) is 11.5. The van der Waals surface area contributed by atoms with Gasteiger partial charge in [0.2, 0.25) is 11.8 Å². The van der Waals surface area contributed by atoms with E-state index in [2.05, 4.69) is 15.9 Å². The highest BCUT2D eigenvalue weighted by Gasteiger charge is 2.71. The average molecular weight is 503 g/mol. The van der Waals surface area contributed by atoms with Crippen LogP contribution in [0.15, 0.2) is 71.2 Å². The molecule has 0 N–H and O–H groups in total. The molecule has 0 aromatic heterocycles. The molecule has 6 nitrogen and oxygen atoms in total. The number of hydrogen-bond acceptors (Lipinski definition) is 4. The second-order valence-electron chi connectivity index (χ2n) is 9.35. The Morgan fingerprint density at radius 3 is 1.64 bits per heavy atom. The minimum Gasteiger partial charge on any atom is -0.274 e. The number of nitro benzene ring substituents is 1. The van der Waals surface area contributed by atoms with E-state index in [-0.39, 0.29) is 23.2 Å². The SMILES string of the molecule is CC12c3ccccc3C(C)(c3ccccc31)[C@H]1C(=O)N(c3ccc(Br)cc3[N+](=O)[O-])C(=O)[C@@H]12. The number of anilines is 1. The van der Waals surface area contributed by atoms with Crippen molar-refractivity contribution in [2.45, 2.75) is 24.7 Å². The van der Waals surface area contributed by atoms with Gasteiger partial charge in [0.1, 0.15) is 5.69 Å². The molecule has 33 heavy (non-hydrogen) atoms. The Bertz CT molecular complexity index is 1290. The maximum absolute atomic E-state index is 14.0. The van der Waals surface area contributed by atoms with Crippen LogP contribution in [0, 0.1) is 22.0 Å². The van der Waals surface area contributed by atoms with Gasteiger partial charge in [-0.1, -0.05) is 78.3 Å². The molecule has 1 saturated heterocycles. The van der Waals surface area contributed by atoms with Crippen molar-refractivity contribution < 1.29 is 14.5 Å². The van der Waals surface area contributed by atoms with Crippen molar-refractivity contribution in [3.8, 4) is 0 Å². The van der Waals surface area contributed by atoms with Crippen LogP contribution in [0.2, 0.25) is 0 Å². The first-order valence-electron chi connectivity index (χ1n) is 10.7. The molecule has 164 valence electrons. The summed E-state index contributed by atoms with van der Waals surface area (Å²) < 4.78 is 0.508. The van der Waals surface area contributed by atoms with E-state index in [0.29, 0.717) is 4.47 Å². The Kier molecular flexibility index (Phi) is 3.93. The number of rotatable bonds is 2. The molecule has 1 aliphatic heterocycles. The molecule has 0 radical (unpaired) electrons. The second-order valence-corrected chi connectivity index (χ2v) is 10.3. The summed E-state index contributed by atoms with van der Waals surface area (Å²) in [5, 5.41) is 11.8. The maximum atomic E-state index is 14.0. The summed E-state index contributed by atoms with van der Waals surface area (Å²) in [4.78, 5) is 40.4. The van der Waals surface area contributed by atoms with E-state index in [4.69, 9.17) is 0 Å². The topological polar surface area (TPSA) is 80.5 Å². The molecule has 0 spiro atoms. The molecule has 3 aromatic carbocycles. The Labute approximate surface area is 198 Å². The second kappa shape index (κ2) is 6.38. The summed E-state index contributed by atoms with van der Waals surface area (Å²) in [5.74, 6) is -2.06. The maximum Gasteiger partial charge on any atom is 0.294 e. The van der Waals surface area contributed by atoms with Crippen LogP contribution in [0.4, 0.5) is 11.4 Å². The van der Waals surface area contributed by atoms with Crippen molar-refractivity contribution in [3.63, 3.8) is 0 Å². The van der Waals surface area contributed by atoms with E-state index in [0.717, 1.165) is 27.2 Å². The van der Waals surface area contributed by atoms with Crippen LogP contribution in [0.5, 0.6) is 0 Å². The highest BCUT2D eigenvalue weighted by atomic mass is 79.9. The zero-order valence-corrected chi connectivity index (χ0v) is 19.5. The highest BCUT2D eigenvalue weighted by Crippen LogP contribution is 2.66. The molecule has 3 aromatic rings. The van der Waals surface area contributed by atoms with Crippen LogP contribution in [-0.2, 0) is 20.4 Å². The fourth-order valence-electron chi connectivity index (χ4n) is 6.64. The Balaban J connectivity index is 1.65. The van der Waals surface area contributed by atoms with E-state index in [1.165, 1.54) is 12.1 Å². The lowest BCUT2D eigenvalue weighted by molar-refractivity contribution is -0.384. The predicted molar refractivity (Wildman–Crippen MR) is 126 cm³/mol. The van der Waals surface area contributed by atoms with Gasteiger partial charge < -0.3 is 0 Å². The van der Waals surface area contributed by atoms with Crippen molar-refractivity contribution >= 4 is 39.1 Å². The van der Waals surface area contributed by atoms with Gasteiger partial charge in [-0.3, -0.25) is 19.7 Å². The van der Waals surface area contributed by atoms with Gasteiger partial charge in [-0.05, 0) is 34.4 Å². The van der Waals surface area contributed by atoms with Crippen LogP contribution >= 0.6 is 15.9 Å². The van der Waals surface area contributed by atoms with E-state index in [1.54, 1.807) is 6.07 Å². The average Bonchev–Trinajstić information content (AvgIpc) is 3.08. The van der Waals surface area contributed by atoms with Crippen molar-refractivity contribution in [3.05, 3.63) is 104 Å². The largest absolute Gasteiger partial charge is 0.294 e. The van der Waals surface area contributed by atoms with Crippen molar-refractivity contribution in [1.82, 2.24) is 0 Å². The number of carbonyl (C=O) groups is 2. The molecule has 2 atom stereocenters. The Morgan fingerprint density at radius 2 is 1.24 bits per heavy atom. The lowest BCUT2D eigenvalue weighted by atomic mass is 9.42. The normalized spacial score (nSPS) is 29.0. The smallest absolute Gasteiger partial charge is 0.274 e. The molecule has 7 heteroatoms. The van der Waals surface area contributed by atoms with Crippen LogP contribution in [0.3, 0.4) is 0 Å². The van der Waals surface area contributed by atoms with Crippen molar-refractivity contribution in [2.75, 3.05) is 4.90 Å². The molecular formula is C26H19BrN2O4. The minimum atomic E-state index is -0.721. The summed E-state index contributed by atoms with van der Waals surface area (Å²) in [6.45, 7) is 4.07. The van der Waals surface area contributed by atoms with Crippen LogP contribution in [0.1, 0.15) is 36.1 Å². The summed E-state index contributed by atoms with van der Waals surface area (Å²) in [6.07, 6.45) is 0. The summed E-state index contributed by atoms with van der Waals surface area (Å²) in [7, 11) is 0. The lowest BCUT2D eigenvalue weighted by Crippen LogP contribution is -2.59. The van der Waals surface area contributed by atoms with Crippen LogP contribution < -0.4 is 4.90 Å². The molecule has 3 aliphatic carbocycles. The monoisotopic (exact) mass is 502 g/mol. The van der Waals surface area contributed by atoms with E-state index in [9.17, 15) is 19.7 Å². The predicted octanol–water partition coefficient (Wildman–Crippen LogP) is 5.10. The molecule has 0 unspecified atom stereocenters. The first kappa shape index (κ1) is 20.3.